The predicted octanol–water partition coefficient (Wildman–Crippen LogP) is 4.78. The van der Waals surface area contributed by atoms with Crippen molar-refractivity contribution in [2.75, 3.05) is 11.1 Å². The van der Waals surface area contributed by atoms with E-state index in [0.29, 0.717) is 29.4 Å². The lowest BCUT2D eigenvalue weighted by atomic mass is 9.84. The van der Waals surface area contributed by atoms with Crippen LogP contribution >= 0.6 is 23.1 Å². The molecule has 2 fully saturated rings. The first-order valence-corrected chi connectivity index (χ1v) is 12.9. The number of anilines is 1. The highest BCUT2D eigenvalue weighted by molar-refractivity contribution is 8.01. The van der Waals surface area contributed by atoms with Gasteiger partial charge in [0.05, 0.1) is 10.4 Å². The first-order valence-electron chi connectivity index (χ1n) is 11.1. The van der Waals surface area contributed by atoms with E-state index < -0.39 is 12.0 Å². The van der Waals surface area contributed by atoms with Crippen LogP contribution in [0.3, 0.4) is 0 Å². The average Bonchev–Trinajstić information content (AvgIpc) is 3.17. The zero-order valence-electron chi connectivity index (χ0n) is 17.7. The molecule has 168 valence electrons. The second-order valence-corrected chi connectivity index (χ2v) is 11.0. The first kappa shape index (κ1) is 23.3. The van der Waals surface area contributed by atoms with Crippen molar-refractivity contribution in [3.05, 3.63) is 6.20 Å². The molecule has 1 atom stereocenters. The van der Waals surface area contributed by atoms with Crippen LogP contribution < -0.4 is 11.1 Å². The second kappa shape index (κ2) is 11.3. The minimum absolute atomic E-state index is 0.0137. The number of rotatable bonds is 8. The van der Waals surface area contributed by atoms with E-state index in [1.54, 1.807) is 6.20 Å². The van der Waals surface area contributed by atoms with E-state index >= 15 is 0 Å². The number of nitrogens with two attached hydrogens (primary N) is 1. The molecular formula is C21H34N4O3S2. The summed E-state index contributed by atoms with van der Waals surface area (Å²) in [4.78, 5) is 30.6. The van der Waals surface area contributed by atoms with Crippen LogP contribution in [-0.4, -0.2) is 50.9 Å². The Morgan fingerprint density at radius 1 is 1.23 bits per heavy atom. The number of amides is 2. The lowest BCUT2D eigenvalue weighted by molar-refractivity contribution is -0.138. The van der Waals surface area contributed by atoms with Crippen molar-refractivity contribution < 1.29 is 14.7 Å². The Hall–Kier alpha value is -1.32. The van der Waals surface area contributed by atoms with Gasteiger partial charge in [0.25, 0.3) is 0 Å². The molecule has 1 aromatic heterocycles. The Labute approximate surface area is 187 Å². The van der Waals surface area contributed by atoms with E-state index in [1.165, 1.54) is 55.2 Å². The van der Waals surface area contributed by atoms with Gasteiger partial charge in [0.2, 0.25) is 0 Å². The van der Waals surface area contributed by atoms with Crippen LogP contribution in [0, 0.1) is 5.92 Å². The number of carboxylic acids is 1. The molecule has 0 unspecified atom stereocenters. The minimum atomic E-state index is -0.979. The minimum Gasteiger partial charge on any atom is -0.480 e. The van der Waals surface area contributed by atoms with Gasteiger partial charge in [0, 0.05) is 17.8 Å². The van der Waals surface area contributed by atoms with Gasteiger partial charge in [-0.2, -0.15) is 0 Å². The van der Waals surface area contributed by atoms with Gasteiger partial charge in [-0.1, -0.05) is 37.5 Å². The van der Waals surface area contributed by atoms with Crippen LogP contribution in [0.2, 0.25) is 0 Å². The third-order valence-corrected chi connectivity index (χ3v) is 8.41. The molecule has 2 amide bonds. The van der Waals surface area contributed by atoms with Crippen molar-refractivity contribution >= 4 is 40.2 Å². The summed E-state index contributed by atoms with van der Waals surface area (Å²) < 4.78 is 0.957. The second-order valence-electron chi connectivity index (χ2n) is 8.61. The van der Waals surface area contributed by atoms with E-state index in [9.17, 15) is 9.59 Å². The number of nitrogens with zero attached hydrogens (tertiary/aromatic N) is 2. The molecule has 2 saturated carbocycles. The monoisotopic (exact) mass is 454 g/mol. The van der Waals surface area contributed by atoms with E-state index in [2.05, 4.69) is 22.1 Å². The van der Waals surface area contributed by atoms with Gasteiger partial charge >= 0.3 is 12.0 Å². The summed E-state index contributed by atoms with van der Waals surface area (Å²) in [5.41, 5.74) is 5.55. The molecule has 0 saturated heterocycles. The molecule has 7 nitrogen and oxygen atoms in total. The van der Waals surface area contributed by atoms with Gasteiger partial charge in [-0.15, -0.1) is 11.8 Å². The molecule has 0 radical (unpaired) electrons. The molecule has 4 N–H and O–H groups in total. The fourth-order valence-electron chi connectivity index (χ4n) is 4.46. The molecule has 2 aliphatic carbocycles. The third kappa shape index (κ3) is 6.59. The smallest absolute Gasteiger partial charge is 0.324 e. The zero-order valence-corrected chi connectivity index (χ0v) is 19.3. The number of aliphatic carboxylic acids is 1. The Balaban J connectivity index is 1.58. The van der Waals surface area contributed by atoms with Crippen molar-refractivity contribution in [2.24, 2.45) is 11.7 Å². The fourth-order valence-corrected chi connectivity index (χ4v) is 6.42. The van der Waals surface area contributed by atoms with E-state index in [0.717, 1.165) is 35.8 Å². The first-order chi connectivity index (χ1) is 14.4. The van der Waals surface area contributed by atoms with Crippen molar-refractivity contribution in [1.82, 2.24) is 9.88 Å². The topological polar surface area (TPSA) is 109 Å². The van der Waals surface area contributed by atoms with Crippen LogP contribution in [0.4, 0.5) is 9.93 Å². The molecule has 1 aromatic rings. The van der Waals surface area contributed by atoms with Gasteiger partial charge in [0.1, 0.15) is 6.04 Å². The maximum atomic E-state index is 13.3. The fraction of sp³-hybridized carbons (Fsp3) is 0.762. The SMILES string of the molecule is CC1CCC(N(C(=O)Nc2ncc(SCC[C@@H](N)C(=O)O)s2)C2CCCCC2)CC1. The lowest BCUT2D eigenvalue weighted by Crippen LogP contribution is -2.51. The zero-order chi connectivity index (χ0) is 21.5. The molecule has 0 spiro atoms. The molecule has 0 aromatic carbocycles. The summed E-state index contributed by atoms with van der Waals surface area (Å²) in [7, 11) is 0. The summed E-state index contributed by atoms with van der Waals surface area (Å²) in [6, 6.07) is -0.189. The van der Waals surface area contributed by atoms with Gasteiger partial charge < -0.3 is 15.7 Å². The Morgan fingerprint density at radius 3 is 2.57 bits per heavy atom. The van der Waals surface area contributed by atoms with Crippen LogP contribution in [-0.2, 0) is 4.79 Å². The number of carbonyl (C=O) groups is 2. The van der Waals surface area contributed by atoms with Gasteiger partial charge in [0.15, 0.2) is 5.13 Å². The third-order valence-electron chi connectivity index (χ3n) is 6.27. The maximum Gasteiger partial charge on any atom is 0.324 e. The number of urea groups is 1. The number of hydrogen-bond donors (Lipinski definition) is 3. The number of aromatic nitrogens is 1. The van der Waals surface area contributed by atoms with Crippen LogP contribution in [0.15, 0.2) is 10.4 Å². The number of carboxylic acid groups (broad SMARTS) is 1. The van der Waals surface area contributed by atoms with Crippen LogP contribution in [0.1, 0.15) is 71.1 Å². The Kier molecular flexibility index (Phi) is 8.83. The number of nitrogens with one attached hydrogen (secondary N) is 1. The summed E-state index contributed by atoms with van der Waals surface area (Å²) in [5, 5.41) is 12.5. The van der Waals surface area contributed by atoms with Crippen LogP contribution in [0.25, 0.3) is 0 Å². The van der Waals surface area contributed by atoms with Crippen LogP contribution in [0.5, 0.6) is 0 Å². The molecule has 0 aliphatic heterocycles. The summed E-state index contributed by atoms with van der Waals surface area (Å²) in [6.45, 7) is 2.30. The number of thioether (sulfide) groups is 1. The van der Waals surface area contributed by atoms with Crippen molar-refractivity contribution in [3.63, 3.8) is 0 Å². The predicted molar refractivity (Wildman–Crippen MR) is 122 cm³/mol. The molecule has 0 bridgehead atoms. The molecule has 1 heterocycles. The van der Waals surface area contributed by atoms with Crippen molar-refractivity contribution in [3.8, 4) is 0 Å². The molecule has 2 aliphatic rings. The van der Waals surface area contributed by atoms with Gasteiger partial charge in [-0.3, -0.25) is 10.1 Å². The van der Waals surface area contributed by atoms with Crippen molar-refractivity contribution in [1.29, 1.82) is 0 Å². The van der Waals surface area contributed by atoms with E-state index in [4.69, 9.17) is 10.8 Å². The number of hydrogen-bond acceptors (Lipinski definition) is 6. The molecule has 30 heavy (non-hydrogen) atoms. The maximum absolute atomic E-state index is 13.3. The summed E-state index contributed by atoms with van der Waals surface area (Å²) in [5.74, 6) is 0.385. The van der Waals surface area contributed by atoms with Gasteiger partial charge in [-0.05, 0) is 50.9 Å². The van der Waals surface area contributed by atoms with E-state index in [-0.39, 0.29) is 6.03 Å². The highest BCUT2D eigenvalue weighted by atomic mass is 32.2. The summed E-state index contributed by atoms with van der Waals surface area (Å²) in [6.07, 6.45) is 12.6. The highest BCUT2D eigenvalue weighted by Crippen LogP contribution is 2.34. The Morgan fingerprint density at radius 2 is 1.90 bits per heavy atom. The van der Waals surface area contributed by atoms with E-state index in [1.807, 2.05) is 0 Å². The standard InChI is InChI=1S/C21H34N4O3S2/c1-14-7-9-16(10-8-14)25(15-5-3-2-4-6-15)21(28)24-20-23-13-18(30-20)29-12-11-17(22)19(26)27/h13-17H,2-12,22H2,1H3,(H,26,27)(H,23,24,28)/t14?,16?,17-/m1/s1. The molecule has 3 rings (SSSR count). The van der Waals surface area contributed by atoms with Gasteiger partial charge in [-0.25, -0.2) is 9.78 Å². The average molecular weight is 455 g/mol. The summed E-state index contributed by atoms with van der Waals surface area (Å²) >= 11 is 2.96. The molecular weight excluding hydrogens is 420 g/mol. The largest absolute Gasteiger partial charge is 0.480 e. The Bertz CT molecular complexity index is 700. The lowest BCUT2D eigenvalue weighted by Gasteiger charge is -2.42. The molecule has 9 heteroatoms. The quantitative estimate of drug-likeness (QED) is 0.488. The highest BCUT2D eigenvalue weighted by Gasteiger charge is 2.34. The van der Waals surface area contributed by atoms with Crippen molar-refractivity contribution in [2.45, 2.75) is 93.5 Å². The number of carbonyl (C=O) groups excluding carboxylic acids is 1. The normalized spacial score (nSPS) is 23.7. The number of thiazole rings is 1.